The summed E-state index contributed by atoms with van der Waals surface area (Å²) < 4.78 is 0. The van der Waals surface area contributed by atoms with Crippen LogP contribution in [0.15, 0.2) is 0 Å². The van der Waals surface area contributed by atoms with Crippen molar-refractivity contribution >= 4 is 0 Å². The average Bonchev–Trinajstić information content (AvgIpc) is 2.92. The molecule has 2 heterocycles. The lowest BCUT2D eigenvalue weighted by molar-refractivity contribution is 0.321. The van der Waals surface area contributed by atoms with Gasteiger partial charge in [-0.3, -0.25) is 4.90 Å². The minimum atomic E-state index is 0.510. The number of rotatable bonds is 5. The molecule has 126 valence electrons. The fourth-order valence-electron chi connectivity index (χ4n) is 3.19. The molecule has 0 amide bonds. The van der Waals surface area contributed by atoms with Gasteiger partial charge in [0.2, 0.25) is 0 Å². The van der Waals surface area contributed by atoms with Gasteiger partial charge in [0.25, 0.3) is 0 Å². The third-order valence-corrected chi connectivity index (χ3v) is 4.22. The zero-order valence-electron chi connectivity index (χ0n) is 15.6. The van der Waals surface area contributed by atoms with Crippen LogP contribution in [0.4, 0.5) is 0 Å². The average molecular weight is 306 g/mol. The second-order valence-electron chi connectivity index (χ2n) is 6.72. The van der Waals surface area contributed by atoms with E-state index in [-0.39, 0.29) is 0 Å². The number of nitrogens with zero attached hydrogens (tertiary/aromatic N) is 3. The smallest absolute Gasteiger partial charge is 0.142 e. The Hall–Kier alpha value is -0.960. The van der Waals surface area contributed by atoms with Crippen molar-refractivity contribution in [3.63, 3.8) is 0 Å². The van der Waals surface area contributed by atoms with E-state index in [1.165, 1.54) is 50.8 Å². The van der Waals surface area contributed by atoms with Gasteiger partial charge in [-0.25, -0.2) is 9.97 Å². The van der Waals surface area contributed by atoms with Crippen LogP contribution in [-0.2, 0) is 6.54 Å². The molecule has 3 nitrogen and oxygen atoms in total. The van der Waals surface area contributed by atoms with Gasteiger partial charge in [-0.2, -0.15) is 0 Å². The van der Waals surface area contributed by atoms with Gasteiger partial charge >= 0.3 is 0 Å². The Morgan fingerprint density at radius 2 is 1.45 bits per heavy atom. The molecule has 3 heteroatoms. The summed E-state index contributed by atoms with van der Waals surface area (Å²) in [7, 11) is 0. The maximum atomic E-state index is 4.67. The van der Waals surface area contributed by atoms with Gasteiger partial charge in [0, 0.05) is 11.4 Å². The molecule has 0 spiro atoms. The van der Waals surface area contributed by atoms with E-state index in [4.69, 9.17) is 0 Å². The summed E-state index contributed by atoms with van der Waals surface area (Å²) in [6, 6.07) is 0. The fraction of sp³-hybridized carbons (Fsp3) is 0.789. The number of aromatic nitrogens is 2. The zero-order chi connectivity index (χ0) is 16.5. The molecule has 2 rings (SSSR count). The Morgan fingerprint density at radius 1 is 0.955 bits per heavy atom. The van der Waals surface area contributed by atoms with Gasteiger partial charge < -0.3 is 0 Å². The van der Waals surface area contributed by atoms with Crippen molar-refractivity contribution in [3.8, 4) is 0 Å². The fourth-order valence-corrected chi connectivity index (χ4v) is 3.19. The molecule has 0 saturated carbocycles. The number of hydrogen-bond acceptors (Lipinski definition) is 3. The number of hydrogen-bond donors (Lipinski definition) is 0. The summed E-state index contributed by atoms with van der Waals surface area (Å²) in [4.78, 5) is 11.8. The molecule has 0 unspecified atom stereocenters. The highest BCUT2D eigenvalue weighted by atomic mass is 15.2. The van der Waals surface area contributed by atoms with Crippen LogP contribution >= 0.6 is 0 Å². The van der Waals surface area contributed by atoms with Gasteiger partial charge in [-0.05, 0) is 51.3 Å². The molecule has 1 aliphatic rings. The van der Waals surface area contributed by atoms with Crippen molar-refractivity contribution in [3.05, 3.63) is 22.8 Å². The summed E-state index contributed by atoms with van der Waals surface area (Å²) >= 11 is 0. The Balaban J connectivity index is 0.000000422. The lowest BCUT2D eigenvalue weighted by Crippen LogP contribution is -2.21. The molecule has 1 aliphatic heterocycles. The van der Waals surface area contributed by atoms with Crippen LogP contribution in [0, 0.1) is 13.8 Å². The molecule has 0 aromatic carbocycles. The van der Waals surface area contributed by atoms with Crippen LogP contribution in [0.3, 0.4) is 0 Å². The SMILES string of the molecule is CCCCC.Cc1nc(CN2CCCC2)nc(C)c1C(C)C. The van der Waals surface area contributed by atoms with Gasteiger partial charge in [0.15, 0.2) is 0 Å². The third-order valence-electron chi connectivity index (χ3n) is 4.22. The topological polar surface area (TPSA) is 29.0 Å². The van der Waals surface area contributed by atoms with Crippen molar-refractivity contribution in [2.45, 2.75) is 86.1 Å². The predicted molar refractivity (Wildman–Crippen MR) is 95.3 cm³/mol. The van der Waals surface area contributed by atoms with E-state index in [2.05, 4.69) is 56.4 Å². The van der Waals surface area contributed by atoms with Crippen molar-refractivity contribution in [2.75, 3.05) is 13.1 Å². The van der Waals surface area contributed by atoms with Crippen molar-refractivity contribution in [1.29, 1.82) is 0 Å². The largest absolute Gasteiger partial charge is 0.296 e. The second kappa shape index (κ2) is 9.94. The second-order valence-corrected chi connectivity index (χ2v) is 6.72. The zero-order valence-corrected chi connectivity index (χ0v) is 15.6. The Labute approximate surface area is 137 Å². The van der Waals surface area contributed by atoms with E-state index < -0.39 is 0 Å². The van der Waals surface area contributed by atoms with E-state index >= 15 is 0 Å². The molecular weight excluding hydrogens is 270 g/mol. The molecule has 1 aromatic rings. The van der Waals surface area contributed by atoms with Crippen LogP contribution in [0.25, 0.3) is 0 Å². The highest BCUT2D eigenvalue weighted by Crippen LogP contribution is 2.21. The van der Waals surface area contributed by atoms with E-state index in [1.807, 2.05) is 0 Å². The first-order valence-electron chi connectivity index (χ1n) is 9.05. The Kier molecular flexibility index (Phi) is 8.62. The molecule has 1 saturated heterocycles. The molecule has 0 radical (unpaired) electrons. The predicted octanol–water partition coefficient (Wildman–Crippen LogP) is 5.01. The van der Waals surface area contributed by atoms with E-state index in [1.54, 1.807) is 0 Å². The number of unbranched alkanes of at least 4 members (excludes halogenated alkanes) is 2. The van der Waals surface area contributed by atoms with Crippen LogP contribution in [0.1, 0.15) is 88.5 Å². The third kappa shape index (κ3) is 6.04. The quantitative estimate of drug-likeness (QED) is 0.765. The first-order chi connectivity index (χ1) is 10.5. The van der Waals surface area contributed by atoms with Crippen molar-refractivity contribution in [1.82, 2.24) is 14.9 Å². The Morgan fingerprint density at radius 3 is 1.82 bits per heavy atom. The molecule has 1 aromatic heterocycles. The normalized spacial score (nSPS) is 15.0. The van der Waals surface area contributed by atoms with Crippen molar-refractivity contribution < 1.29 is 0 Å². The highest BCUT2D eigenvalue weighted by molar-refractivity contribution is 5.27. The molecule has 1 fully saturated rings. The molecule has 0 N–H and O–H groups in total. The van der Waals surface area contributed by atoms with Gasteiger partial charge in [0.05, 0.1) is 6.54 Å². The minimum Gasteiger partial charge on any atom is -0.296 e. The molecule has 22 heavy (non-hydrogen) atoms. The minimum absolute atomic E-state index is 0.510. The summed E-state index contributed by atoms with van der Waals surface area (Å²) in [5.74, 6) is 1.50. The van der Waals surface area contributed by atoms with E-state index in [0.29, 0.717) is 5.92 Å². The van der Waals surface area contributed by atoms with Crippen LogP contribution < -0.4 is 0 Å². The van der Waals surface area contributed by atoms with Crippen LogP contribution in [-0.4, -0.2) is 28.0 Å². The summed E-state index contributed by atoms with van der Waals surface area (Å²) in [5, 5.41) is 0. The number of likely N-dealkylation sites (tertiary alicyclic amines) is 1. The van der Waals surface area contributed by atoms with Gasteiger partial charge in [-0.1, -0.05) is 47.0 Å². The first kappa shape index (κ1) is 19.1. The highest BCUT2D eigenvalue weighted by Gasteiger charge is 2.16. The summed E-state index contributed by atoms with van der Waals surface area (Å²) in [6.45, 7) is 16.4. The number of aryl methyl sites for hydroxylation is 2. The van der Waals surface area contributed by atoms with Crippen molar-refractivity contribution in [2.24, 2.45) is 0 Å². The van der Waals surface area contributed by atoms with E-state index in [9.17, 15) is 0 Å². The lowest BCUT2D eigenvalue weighted by atomic mass is 10.0. The molecule has 0 bridgehead atoms. The summed E-state index contributed by atoms with van der Waals surface area (Å²) in [5.41, 5.74) is 3.62. The molecule has 0 atom stereocenters. The maximum absolute atomic E-state index is 4.67. The Bertz CT molecular complexity index is 409. The summed E-state index contributed by atoms with van der Waals surface area (Å²) in [6.07, 6.45) is 6.72. The van der Waals surface area contributed by atoms with Gasteiger partial charge in [-0.15, -0.1) is 0 Å². The lowest BCUT2D eigenvalue weighted by Gasteiger charge is -2.17. The van der Waals surface area contributed by atoms with Crippen LogP contribution in [0.2, 0.25) is 0 Å². The molecule has 0 aliphatic carbocycles. The van der Waals surface area contributed by atoms with Crippen LogP contribution in [0.5, 0.6) is 0 Å². The maximum Gasteiger partial charge on any atom is 0.142 e. The van der Waals surface area contributed by atoms with Gasteiger partial charge in [0.1, 0.15) is 5.82 Å². The monoisotopic (exact) mass is 305 g/mol. The first-order valence-corrected chi connectivity index (χ1v) is 9.05. The standard InChI is InChI=1S/C14H23N3.C5H12/c1-10(2)14-11(3)15-13(16-12(14)4)9-17-7-5-6-8-17;1-3-5-4-2/h10H,5-9H2,1-4H3;3-5H2,1-2H3. The molecular formula is C19H35N3. The van der Waals surface area contributed by atoms with E-state index in [0.717, 1.165) is 23.8 Å².